The van der Waals surface area contributed by atoms with Crippen molar-refractivity contribution in [2.75, 3.05) is 39.5 Å². The average Bonchev–Trinajstić information content (AvgIpc) is 2.52. The van der Waals surface area contributed by atoms with Gasteiger partial charge in [0.05, 0.1) is 13.2 Å². The molecule has 22 heavy (non-hydrogen) atoms. The molecule has 1 heterocycles. The lowest BCUT2D eigenvalue weighted by atomic mass is 10.0. The van der Waals surface area contributed by atoms with Gasteiger partial charge in [0, 0.05) is 30.2 Å². The maximum Gasteiger partial charge on any atom is 0.258 e. The Labute approximate surface area is 136 Å². The predicted octanol–water partition coefficient (Wildman–Crippen LogP) is 1.95. The molecule has 1 amide bonds. The molecule has 0 aromatic heterocycles. The Morgan fingerprint density at radius 2 is 2.14 bits per heavy atom. The van der Waals surface area contributed by atoms with Gasteiger partial charge in [0.1, 0.15) is 5.75 Å². The Bertz CT molecular complexity index is 502. The molecule has 0 unspecified atom stereocenters. The highest BCUT2D eigenvalue weighted by Gasteiger charge is 2.28. The Morgan fingerprint density at radius 3 is 2.82 bits per heavy atom. The number of benzene rings is 1. The molecule has 1 aromatic carbocycles. The molecule has 0 atom stereocenters. The van der Waals surface area contributed by atoms with Gasteiger partial charge < -0.3 is 14.8 Å². The van der Waals surface area contributed by atoms with E-state index in [1.54, 1.807) is 24.3 Å². The van der Waals surface area contributed by atoms with Crippen LogP contribution >= 0.6 is 11.6 Å². The van der Waals surface area contributed by atoms with Crippen LogP contribution in [-0.2, 0) is 9.53 Å². The average molecular weight is 327 g/mol. The Hall–Kier alpha value is -1.30. The van der Waals surface area contributed by atoms with E-state index in [4.69, 9.17) is 21.1 Å². The molecule has 6 heteroatoms. The highest BCUT2D eigenvalue weighted by molar-refractivity contribution is 6.30. The summed E-state index contributed by atoms with van der Waals surface area (Å²) in [6, 6.07) is 7.01. The number of rotatable bonds is 6. The second kappa shape index (κ2) is 7.81. The fourth-order valence-electron chi connectivity index (χ4n) is 2.35. The van der Waals surface area contributed by atoms with Crippen LogP contribution in [0.4, 0.5) is 0 Å². The first-order chi connectivity index (χ1) is 10.5. The second-order valence-corrected chi connectivity index (χ2v) is 6.37. The largest absolute Gasteiger partial charge is 0.484 e. The van der Waals surface area contributed by atoms with Gasteiger partial charge in [-0.2, -0.15) is 0 Å². The van der Waals surface area contributed by atoms with Gasteiger partial charge in [0.15, 0.2) is 6.61 Å². The van der Waals surface area contributed by atoms with Gasteiger partial charge in [-0.15, -0.1) is 0 Å². The van der Waals surface area contributed by atoms with Crippen LogP contribution in [0, 0.1) is 0 Å². The van der Waals surface area contributed by atoms with Crippen molar-refractivity contribution in [2.24, 2.45) is 0 Å². The summed E-state index contributed by atoms with van der Waals surface area (Å²) in [7, 11) is 0. The number of morpholine rings is 1. The molecular formula is C16H23ClN2O3. The van der Waals surface area contributed by atoms with Crippen LogP contribution in [0.2, 0.25) is 5.02 Å². The third-order valence-corrected chi connectivity index (χ3v) is 3.99. The third-order valence-electron chi connectivity index (χ3n) is 3.75. The molecule has 0 aliphatic carbocycles. The van der Waals surface area contributed by atoms with Gasteiger partial charge in [-0.3, -0.25) is 9.69 Å². The van der Waals surface area contributed by atoms with Crippen molar-refractivity contribution in [3.63, 3.8) is 0 Å². The lowest BCUT2D eigenvalue weighted by Gasteiger charge is -2.40. The van der Waals surface area contributed by atoms with Crippen molar-refractivity contribution < 1.29 is 14.3 Å². The lowest BCUT2D eigenvalue weighted by molar-refractivity contribution is -0.123. The van der Waals surface area contributed by atoms with Crippen LogP contribution in [0.3, 0.4) is 0 Å². The van der Waals surface area contributed by atoms with Crippen LogP contribution in [-0.4, -0.2) is 55.8 Å². The van der Waals surface area contributed by atoms with E-state index in [0.29, 0.717) is 17.3 Å². The van der Waals surface area contributed by atoms with Crippen molar-refractivity contribution in [1.29, 1.82) is 0 Å². The zero-order chi connectivity index (χ0) is 16.0. The molecule has 122 valence electrons. The van der Waals surface area contributed by atoms with Crippen molar-refractivity contribution in [3.8, 4) is 5.75 Å². The molecule has 1 aliphatic rings. The van der Waals surface area contributed by atoms with Crippen molar-refractivity contribution in [1.82, 2.24) is 10.2 Å². The summed E-state index contributed by atoms with van der Waals surface area (Å²) in [5.41, 5.74) is -0.102. The molecule has 0 saturated carbocycles. The van der Waals surface area contributed by atoms with Gasteiger partial charge in [-0.05, 0) is 32.0 Å². The third kappa shape index (κ3) is 5.16. The Balaban J connectivity index is 1.74. The quantitative estimate of drug-likeness (QED) is 0.868. The highest BCUT2D eigenvalue weighted by atomic mass is 35.5. The highest BCUT2D eigenvalue weighted by Crippen LogP contribution is 2.17. The van der Waals surface area contributed by atoms with Gasteiger partial charge in [-0.1, -0.05) is 17.7 Å². The number of carbonyl (C=O) groups excluding carboxylic acids is 1. The number of amides is 1. The van der Waals surface area contributed by atoms with Gasteiger partial charge >= 0.3 is 0 Å². The fourth-order valence-corrected chi connectivity index (χ4v) is 2.53. The lowest BCUT2D eigenvalue weighted by Crippen LogP contribution is -2.55. The molecule has 1 N–H and O–H groups in total. The molecule has 1 aliphatic heterocycles. The Kier molecular flexibility index (Phi) is 6.06. The molecular weight excluding hydrogens is 304 g/mol. The van der Waals surface area contributed by atoms with Crippen molar-refractivity contribution in [3.05, 3.63) is 29.3 Å². The van der Waals surface area contributed by atoms with E-state index in [0.717, 1.165) is 26.3 Å². The van der Waals surface area contributed by atoms with E-state index in [9.17, 15) is 4.79 Å². The molecule has 1 saturated heterocycles. The number of carbonyl (C=O) groups is 1. The van der Waals surface area contributed by atoms with E-state index in [-0.39, 0.29) is 18.1 Å². The van der Waals surface area contributed by atoms with Crippen LogP contribution in [0.25, 0.3) is 0 Å². The minimum absolute atomic E-state index is 0.0144. The smallest absolute Gasteiger partial charge is 0.258 e. The number of ether oxygens (including phenoxy) is 2. The van der Waals surface area contributed by atoms with Gasteiger partial charge in [-0.25, -0.2) is 0 Å². The van der Waals surface area contributed by atoms with E-state index < -0.39 is 0 Å². The molecule has 1 fully saturated rings. The minimum Gasteiger partial charge on any atom is -0.484 e. The summed E-state index contributed by atoms with van der Waals surface area (Å²) >= 11 is 5.87. The van der Waals surface area contributed by atoms with Crippen molar-refractivity contribution >= 4 is 17.5 Å². The van der Waals surface area contributed by atoms with E-state index >= 15 is 0 Å². The van der Waals surface area contributed by atoms with E-state index in [1.807, 2.05) is 0 Å². The first kappa shape index (κ1) is 17.1. The molecule has 0 spiro atoms. The number of nitrogens with zero attached hydrogens (tertiary/aromatic N) is 1. The number of hydrogen-bond donors (Lipinski definition) is 1. The molecule has 0 radical (unpaired) electrons. The standard InChI is InChI=1S/C16H23ClN2O3/c1-16(2,19-6-8-21-9-7-19)12-18-15(20)11-22-14-5-3-4-13(17)10-14/h3-5,10H,6-9,11-12H2,1-2H3,(H,18,20). The Morgan fingerprint density at radius 1 is 1.41 bits per heavy atom. The zero-order valence-corrected chi connectivity index (χ0v) is 13.9. The SMILES string of the molecule is CC(C)(CNC(=O)COc1cccc(Cl)c1)N1CCOCC1. The zero-order valence-electron chi connectivity index (χ0n) is 13.1. The summed E-state index contributed by atoms with van der Waals surface area (Å²) in [5, 5.41) is 3.51. The maximum absolute atomic E-state index is 11.9. The normalized spacial score (nSPS) is 16.3. The topological polar surface area (TPSA) is 50.8 Å². The molecule has 0 bridgehead atoms. The molecule has 5 nitrogen and oxygen atoms in total. The second-order valence-electron chi connectivity index (χ2n) is 5.93. The summed E-state index contributed by atoms with van der Waals surface area (Å²) in [5.74, 6) is 0.455. The first-order valence-corrected chi connectivity index (χ1v) is 7.83. The molecule has 2 rings (SSSR count). The fraction of sp³-hybridized carbons (Fsp3) is 0.562. The minimum atomic E-state index is -0.138. The summed E-state index contributed by atoms with van der Waals surface area (Å²) in [6.45, 7) is 8.07. The van der Waals surface area contributed by atoms with Gasteiger partial charge in [0.25, 0.3) is 5.91 Å². The van der Waals surface area contributed by atoms with E-state index in [1.165, 1.54) is 0 Å². The maximum atomic E-state index is 11.9. The van der Waals surface area contributed by atoms with E-state index in [2.05, 4.69) is 24.1 Å². The van der Waals surface area contributed by atoms with Crippen LogP contribution in [0.15, 0.2) is 24.3 Å². The summed E-state index contributed by atoms with van der Waals surface area (Å²) in [4.78, 5) is 14.2. The van der Waals surface area contributed by atoms with Crippen LogP contribution in [0.5, 0.6) is 5.75 Å². The van der Waals surface area contributed by atoms with Crippen LogP contribution in [0.1, 0.15) is 13.8 Å². The summed E-state index contributed by atoms with van der Waals surface area (Å²) < 4.78 is 10.8. The number of nitrogens with one attached hydrogen (secondary N) is 1. The monoisotopic (exact) mass is 326 g/mol. The van der Waals surface area contributed by atoms with Crippen LogP contribution < -0.4 is 10.1 Å². The van der Waals surface area contributed by atoms with Gasteiger partial charge in [0.2, 0.25) is 0 Å². The summed E-state index contributed by atoms with van der Waals surface area (Å²) in [6.07, 6.45) is 0. The predicted molar refractivity (Wildman–Crippen MR) is 86.4 cm³/mol. The molecule has 1 aromatic rings. The number of halogens is 1. The van der Waals surface area contributed by atoms with Crippen molar-refractivity contribution in [2.45, 2.75) is 19.4 Å². The first-order valence-electron chi connectivity index (χ1n) is 7.45. The number of hydrogen-bond acceptors (Lipinski definition) is 4.